The van der Waals surface area contributed by atoms with Gasteiger partial charge in [-0.3, -0.25) is 0 Å². The molecule has 5 heavy (non-hydrogen) atoms. The summed E-state index contributed by atoms with van der Waals surface area (Å²) in [5.41, 5.74) is 0. The van der Waals surface area contributed by atoms with Crippen LogP contribution in [0, 0.1) is 0 Å². The first-order valence-electron chi connectivity index (χ1n) is 0.765. The van der Waals surface area contributed by atoms with Gasteiger partial charge in [-0.25, -0.2) is 0 Å². The Hall–Kier alpha value is 1.15. The van der Waals surface area contributed by atoms with E-state index < -0.39 is 23.2 Å². The van der Waals surface area contributed by atoms with E-state index in [-0.39, 0.29) is 0 Å². The molecule has 0 aliphatic carbocycles. The predicted octanol–water partition coefficient (Wildman–Crippen LogP) is 0.0394. The Morgan fingerprint density at radius 2 is 2.60 bits per heavy atom. The Kier molecular flexibility index (Phi) is 6.34. The number of rotatable bonds is 1. The minimum absolute atomic E-state index is 1.17. The Balaban J connectivity index is 2.93. The van der Waals surface area contributed by atoms with Crippen LogP contribution in [0.2, 0.25) is 0 Å². The zero-order chi connectivity index (χ0) is 4.12. The summed E-state index contributed by atoms with van der Waals surface area (Å²) in [6.07, 6.45) is 0. The molecule has 2 nitrogen and oxygen atoms in total. The summed E-state index contributed by atoms with van der Waals surface area (Å²) in [5, 5.41) is 0. The molecule has 0 rings (SSSR count). The summed E-state index contributed by atoms with van der Waals surface area (Å²) in [6.45, 7) is 0. The molecule has 0 aromatic rings. The molecule has 28 valence electrons. The molecule has 0 amide bonds. The number of carbonyl (C=O) groups excluding carboxylic acids is 1. The predicted molar refractivity (Wildman–Crippen MR) is 26.6 cm³/mol. The third-order valence-corrected chi connectivity index (χ3v) is 2.36. The molecule has 0 aromatic carbocycles. The van der Waals surface area contributed by atoms with Crippen LogP contribution in [-0.4, -0.2) is 26.8 Å². The second-order valence-electron chi connectivity index (χ2n) is 0.252. The molecule has 0 atom stereocenters. The normalized spacial score (nSPS) is 5.80. The van der Waals surface area contributed by atoms with Crippen LogP contribution < -0.4 is 0 Å². The molecule has 0 aliphatic rings. The average Bonchev–Trinajstić information content (AvgIpc) is 1.41. The standard InChI is InChI=1S/CO.Bi.IO/c1-2;;1-2/q;+1;-1. The van der Waals surface area contributed by atoms with E-state index in [1.807, 2.05) is 0 Å². The molecule has 0 aliphatic heterocycles. The van der Waals surface area contributed by atoms with Gasteiger partial charge >= 0.3 is 55.7 Å². The zero-order valence-electron chi connectivity index (χ0n) is 2.14. The summed E-state index contributed by atoms with van der Waals surface area (Å²) >= 11 is 0.531. The van der Waals surface area contributed by atoms with E-state index in [1.165, 1.54) is 0 Å². The quantitative estimate of drug-likeness (QED) is 0.475. The molecule has 0 N–H and O–H groups in total. The first-order valence-corrected chi connectivity index (χ1v) is 4.80. The van der Waals surface area contributed by atoms with E-state index >= 15 is 0 Å². The van der Waals surface area contributed by atoms with Gasteiger partial charge in [-0.1, -0.05) is 0 Å². The molecule has 0 fully saturated rings. The molecule has 0 spiro atoms. The summed E-state index contributed by atoms with van der Waals surface area (Å²) in [5.74, 6) is 0. The van der Waals surface area contributed by atoms with Gasteiger partial charge in [0.1, 0.15) is 0 Å². The van der Waals surface area contributed by atoms with Gasteiger partial charge in [0.2, 0.25) is 0 Å². The van der Waals surface area contributed by atoms with Crippen LogP contribution in [0.25, 0.3) is 0 Å². The Labute approximate surface area is 55.2 Å². The van der Waals surface area contributed by atoms with E-state index in [0.29, 0.717) is 0 Å². The topological polar surface area (TPSA) is 26.3 Å². The second kappa shape index (κ2) is 5.15. The van der Waals surface area contributed by atoms with Gasteiger partial charge < -0.3 is 0 Å². The molecular weight excluding hydrogens is 380 g/mol. The fraction of sp³-hybridized carbons (Fsp3) is 0. The van der Waals surface area contributed by atoms with Gasteiger partial charge in [0, 0.05) is 0 Å². The van der Waals surface area contributed by atoms with Gasteiger partial charge in [0.15, 0.2) is 0 Å². The van der Waals surface area contributed by atoms with E-state index in [2.05, 4.69) is 1.14 Å². The van der Waals surface area contributed by atoms with Gasteiger partial charge in [0.25, 0.3) is 0 Å². The molecule has 0 aromatic heterocycles. The Bertz CT molecular complexity index is 56.7. The zero-order valence-corrected chi connectivity index (χ0v) is 7.78. The third kappa shape index (κ3) is 5.15. The van der Waals surface area contributed by atoms with Crippen LogP contribution in [0.5, 0.6) is 0 Å². The molecule has 0 radical (unpaired) electrons. The molecule has 0 bridgehead atoms. The average molecular weight is 380 g/mol. The fourth-order valence-electron chi connectivity index (χ4n) is 0.0141. The minimum atomic E-state index is -1.17. The molecular formula is CBiIO2. The summed E-state index contributed by atoms with van der Waals surface area (Å²) in [7, 11) is 0. The van der Waals surface area contributed by atoms with Crippen molar-refractivity contribution in [3.05, 3.63) is 0 Å². The molecule has 4 heteroatoms. The van der Waals surface area contributed by atoms with E-state index in [0.717, 1.165) is 0 Å². The third-order valence-electron chi connectivity index (χ3n) is 0.0718. The van der Waals surface area contributed by atoms with Crippen molar-refractivity contribution in [1.29, 1.82) is 0 Å². The van der Waals surface area contributed by atoms with Crippen LogP contribution in [0.15, 0.2) is 0 Å². The SMILES string of the molecule is O=[C]=[Bi][O]I. The molecule has 0 unspecified atom stereocenters. The Morgan fingerprint density at radius 1 is 2.00 bits per heavy atom. The first kappa shape index (κ1) is 6.15. The monoisotopic (exact) mass is 380 g/mol. The molecule has 0 saturated carbocycles. The maximum atomic E-state index is 9.23. The van der Waals surface area contributed by atoms with E-state index in [9.17, 15) is 4.79 Å². The van der Waals surface area contributed by atoms with E-state index in [1.54, 1.807) is 26.6 Å². The molecule has 0 heterocycles. The van der Waals surface area contributed by atoms with Crippen molar-refractivity contribution in [3.8, 4) is 0 Å². The van der Waals surface area contributed by atoms with Crippen molar-refractivity contribution in [2.75, 3.05) is 0 Å². The molecule has 0 saturated heterocycles. The van der Waals surface area contributed by atoms with Crippen molar-refractivity contribution in [2.24, 2.45) is 0 Å². The number of hydrogen-bond donors (Lipinski definition) is 0. The van der Waals surface area contributed by atoms with Crippen LogP contribution in [0.1, 0.15) is 0 Å². The van der Waals surface area contributed by atoms with Crippen LogP contribution >= 0.6 is 23.0 Å². The van der Waals surface area contributed by atoms with Crippen molar-refractivity contribution < 1.29 is 5.94 Å². The van der Waals surface area contributed by atoms with Crippen molar-refractivity contribution in [3.63, 3.8) is 0 Å². The van der Waals surface area contributed by atoms with Crippen molar-refractivity contribution in [1.82, 2.24) is 0 Å². The maximum absolute atomic E-state index is 9.23. The van der Waals surface area contributed by atoms with Crippen LogP contribution in [0.4, 0.5) is 0 Å². The van der Waals surface area contributed by atoms with Crippen molar-refractivity contribution in [2.45, 2.75) is 0 Å². The number of halogens is 1. The first-order chi connectivity index (χ1) is 2.41. The van der Waals surface area contributed by atoms with E-state index in [4.69, 9.17) is 0 Å². The summed E-state index contributed by atoms with van der Waals surface area (Å²) in [6, 6.07) is 0. The van der Waals surface area contributed by atoms with Crippen molar-refractivity contribution >= 4 is 49.8 Å². The summed E-state index contributed by atoms with van der Waals surface area (Å²) < 4.78 is 6.14. The van der Waals surface area contributed by atoms with Gasteiger partial charge in [-0.05, 0) is 0 Å². The number of hydrogen-bond acceptors (Lipinski definition) is 2. The van der Waals surface area contributed by atoms with Crippen LogP contribution in [0.3, 0.4) is 0 Å². The fourth-order valence-corrected chi connectivity index (χ4v) is 0.829. The summed E-state index contributed by atoms with van der Waals surface area (Å²) in [4.78, 5) is 9.23. The Morgan fingerprint density at radius 3 is 2.60 bits per heavy atom. The van der Waals surface area contributed by atoms with Gasteiger partial charge in [-0.15, -0.1) is 0 Å². The van der Waals surface area contributed by atoms with Gasteiger partial charge in [-0.2, -0.15) is 0 Å². The second-order valence-corrected chi connectivity index (χ2v) is 5.66. The van der Waals surface area contributed by atoms with Gasteiger partial charge in [0.05, 0.1) is 0 Å². The van der Waals surface area contributed by atoms with Crippen LogP contribution in [-0.2, 0) is 5.94 Å².